The Hall–Kier alpha value is -3.14. The fourth-order valence-electron chi connectivity index (χ4n) is 4.91. The van der Waals surface area contributed by atoms with E-state index in [4.69, 9.17) is 5.41 Å². The number of rotatable bonds is 3. The Kier molecular flexibility index (Phi) is 4.33. The van der Waals surface area contributed by atoms with E-state index < -0.39 is 42.1 Å². The van der Waals surface area contributed by atoms with E-state index in [2.05, 4.69) is 10.6 Å². The summed E-state index contributed by atoms with van der Waals surface area (Å²) in [6.45, 7) is 0. The predicted octanol–water partition coefficient (Wildman–Crippen LogP) is 3.53. The lowest BCUT2D eigenvalue weighted by molar-refractivity contribution is -0.296. The first-order chi connectivity index (χ1) is 15.0. The number of alkyl halides is 3. The third-order valence-corrected chi connectivity index (χ3v) is 6.65. The van der Waals surface area contributed by atoms with E-state index in [0.29, 0.717) is 12.1 Å². The number of nitrogens with zero attached hydrogens (tertiary/aromatic N) is 1. The summed E-state index contributed by atoms with van der Waals surface area (Å²) in [5.74, 6) is -1.03. The molecule has 2 aromatic carbocycles. The van der Waals surface area contributed by atoms with Gasteiger partial charge in [-0.1, -0.05) is 12.1 Å². The molecule has 0 bridgehead atoms. The normalized spacial score (nSPS) is 29.2. The molecule has 1 spiro atoms. The molecule has 1 atom stereocenters. The lowest BCUT2D eigenvalue weighted by Crippen LogP contribution is -2.71. The van der Waals surface area contributed by atoms with Gasteiger partial charge in [-0.2, -0.15) is 13.2 Å². The van der Waals surface area contributed by atoms with Gasteiger partial charge in [0.25, 0.3) is 0 Å². The van der Waals surface area contributed by atoms with Crippen molar-refractivity contribution in [3.8, 4) is 0 Å². The molecule has 1 amide bonds. The summed E-state index contributed by atoms with van der Waals surface area (Å²) in [5.41, 5.74) is -0.301. The number of aliphatic hydroxyl groups is 1. The molecule has 2 fully saturated rings. The number of benzene rings is 2. The van der Waals surface area contributed by atoms with Crippen molar-refractivity contribution < 1.29 is 27.5 Å². The van der Waals surface area contributed by atoms with Gasteiger partial charge in [-0.05, 0) is 41.5 Å². The number of fused-ring (bicyclic) bond motifs is 2. The number of anilines is 2. The molecule has 1 saturated heterocycles. The minimum atomic E-state index is -4.76. The Morgan fingerprint density at radius 1 is 1.12 bits per heavy atom. The van der Waals surface area contributed by atoms with Gasteiger partial charge >= 0.3 is 6.18 Å². The van der Waals surface area contributed by atoms with Crippen LogP contribution < -0.4 is 10.6 Å². The summed E-state index contributed by atoms with van der Waals surface area (Å²) in [6.07, 6.45) is -5.58. The first-order valence-corrected chi connectivity index (χ1v) is 10.1. The Morgan fingerprint density at radius 3 is 2.44 bits per heavy atom. The molecule has 3 aliphatic rings. The van der Waals surface area contributed by atoms with Crippen LogP contribution in [-0.2, 0) is 16.8 Å². The van der Waals surface area contributed by atoms with Crippen molar-refractivity contribution in [3.63, 3.8) is 0 Å². The molecule has 1 aliphatic heterocycles. The van der Waals surface area contributed by atoms with Crippen LogP contribution in [0.3, 0.4) is 0 Å². The van der Waals surface area contributed by atoms with Crippen LogP contribution in [0.2, 0.25) is 0 Å². The molecule has 10 heteroatoms. The fraction of sp³-hybridized carbons (Fsp3) is 0.364. The summed E-state index contributed by atoms with van der Waals surface area (Å²) in [5, 5.41) is 24.2. The molecule has 0 aromatic heterocycles. The van der Waals surface area contributed by atoms with Gasteiger partial charge in [-0.3, -0.25) is 15.1 Å². The maximum atomic E-state index is 13.1. The lowest BCUT2D eigenvalue weighted by atomic mass is 9.66. The highest BCUT2D eigenvalue weighted by Crippen LogP contribution is 2.50. The minimum Gasteiger partial charge on any atom is -0.380 e. The highest BCUT2D eigenvalue weighted by atomic mass is 19.4. The van der Waals surface area contributed by atoms with E-state index in [1.54, 1.807) is 12.1 Å². The number of guanidine groups is 1. The van der Waals surface area contributed by atoms with E-state index in [0.717, 1.165) is 21.7 Å². The molecular weight excluding hydrogens is 428 g/mol. The van der Waals surface area contributed by atoms with Crippen LogP contribution >= 0.6 is 0 Å². The van der Waals surface area contributed by atoms with Gasteiger partial charge in [0, 0.05) is 36.7 Å². The fourth-order valence-corrected chi connectivity index (χ4v) is 4.91. The zero-order chi connectivity index (χ0) is 22.9. The summed E-state index contributed by atoms with van der Waals surface area (Å²) in [6, 6.07) is 10.6. The Bertz CT molecular complexity index is 1090. The predicted molar refractivity (Wildman–Crippen MR) is 108 cm³/mol. The van der Waals surface area contributed by atoms with Gasteiger partial charge in [0.1, 0.15) is 5.82 Å². The second kappa shape index (κ2) is 6.68. The van der Waals surface area contributed by atoms with E-state index in [-0.39, 0.29) is 18.2 Å². The summed E-state index contributed by atoms with van der Waals surface area (Å²) >= 11 is 0. The third-order valence-electron chi connectivity index (χ3n) is 6.65. The van der Waals surface area contributed by atoms with Gasteiger partial charge in [-0.15, -0.1) is 0 Å². The molecule has 168 valence electrons. The largest absolute Gasteiger partial charge is 0.417 e. The Morgan fingerprint density at radius 2 is 1.81 bits per heavy atom. The number of nitrogens with one attached hydrogen (secondary N) is 3. The Balaban J connectivity index is 1.32. The van der Waals surface area contributed by atoms with Crippen LogP contribution in [0.1, 0.15) is 30.4 Å². The topological polar surface area (TPSA) is 88.5 Å². The van der Waals surface area contributed by atoms with E-state index in [1.807, 2.05) is 18.2 Å². The minimum absolute atomic E-state index is 0.00330. The van der Waals surface area contributed by atoms with Crippen LogP contribution in [-0.4, -0.2) is 39.7 Å². The molecular formula is C22H20F4N4O2. The number of hydrogen-bond acceptors (Lipinski definition) is 4. The second-order valence-corrected chi connectivity index (χ2v) is 8.73. The molecule has 2 aliphatic carbocycles. The van der Waals surface area contributed by atoms with Crippen molar-refractivity contribution in [1.29, 1.82) is 5.41 Å². The number of hydrogen-bond donors (Lipinski definition) is 4. The maximum absolute atomic E-state index is 13.1. The number of amides is 1. The summed E-state index contributed by atoms with van der Waals surface area (Å²) in [7, 11) is 0. The van der Waals surface area contributed by atoms with Gasteiger partial charge in [0.05, 0.1) is 12.0 Å². The van der Waals surface area contributed by atoms with Gasteiger partial charge in [0.2, 0.25) is 5.91 Å². The smallest absolute Gasteiger partial charge is 0.380 e. The molecule has 5 rings (SSSR count). The van der Waals surface area contributed by atoms with Crippen molar-refractivity contribution in [2.75, 3.05) is 5.32 Å². The van der Waals surface area contributed by atoms with E-state index in [1.165, 1.54) is 12.1 Å². The molecule has 0 radical (unpaired) electrons. The molecule has 1 heterocycles. The molecule has 2 aromatic rings. The number of carbonyl (C=O) groups is 1. The van der Waals surface area contributed by atoms with Crippen molar-refractivity contribution in [2.45, 2.75) is 49.0 Å². The quantitative estimate of drug-likeness (QED) is 0.541. The summed E-state index contributed by atoms with van der Waals surface area (Å²) in [4.78, 5) is 13.9. The van der Waals surface area contributed by atoms with Gasteiger partial charge < -0.3 is 15.7 Å². The van der Waals surface area contributed by atoms with Crippen LogP contribution in [0.5, 0.6) is 0 Å². The zero-order valence-corrected chi connectivity index (χ0v) is 16.8. The van der Waals surface area contributed by atoms with Crippen LogP contribution in [0, 0.1) is 11.2 Å². The molecule has 1 saturated carbocycles. The van der Waals surface area contributed by atoms with Gasteiger partial charge in [-0.25, -0.2) is 4.39 Å². The third kappa shape index (κ3) is 3.04. The van der Waals surface area contributed by atoms with Crippen molar-refractivity contribution in [2.24, 2.45) is 0 Å². The average Bonchev–Trinajstić information content (AvgIpc) is 2.67. The molecule has 4 N–H and O–H groups in total. The summed E-state index contributed by atoms with van der Waals surface area (Å²) < 4.78 is 52.0. The zero-order valence-electron chi connectivity index (χ0n) is 16.8. The Labute approximate surface area is 180 Å². The lowest BCUT2D eigenvalue weighted by Gasteiger charge is -2.55. The highest BCUT2D eigenvalue weighted by molar-refractivity contribution is 6.00. The van der Waals surface area contributed by atoms with Crippen LogP contribution in [0.25, 0.3) is 0 Å². The number of halogens is 4. The monoisotopic (exact) mass is 448 g/mol. The molecule has 6 nitrogen and oxygen atoms in total. The van der Waals surface area contributed by atoms with E-state index >= 15 is 0 Å². The van der Waals surface area contributed by atoms with Crippen molar-refractivity contribution >= 4 is 23.2 Å². The SMILES string of the molecule is N=C1N[C@]2(CC(=O)N1[C@H]1C[C@](O)(C(F)(F)F)C1)Cc1c(Nc3ccc(F)cc3)cccc12. The van der Waals surface area contributed by atoms with Crippen molar-refractivity contribution in [1.82, 2.24) is 10.2 Å². The van der Waals surface area contributed by atoms with E-state index in [9.17, 15) is 27.5 Å². The highest BCUT2D eigenvalue weighted by Gasteiger charge is 2.64. The van der Waals surface area contributed by atoms with Crippen LogP contribution in [0.4, 0.5) is 28.9 Å². The standard InChI is InChI=1S/C22H20F4N4O2/c23-12-4-6-13(7-5-12)28-17-3-1-2-16-15(17)10-20(16)11-18(31)30(19(27)29-20)14-8-21(32,9-14)22(24,25)26/h1-7,14,28,32H,8-11H2,(H2,27,29)/t14-,20-,21+/m0/s1. The van der Waals surface area contributed by atoms with Crippen LogP contribution in [0.15, 0.2) is 42.5 Å². The first kappa shape index (κ1) is 20.7. The molecule has 0 unspecified atom stereocenters. The molecule has 32 heavy (non-hydrogen) atoms. The maximum Gasteiger partial charge on any atom is 0.417 e. The number of carbonyl (C=O) groups excluding carboxylic acids is 1. The van der Waals surface area contributed by atoms with Crippen molar-refractivity contribution in [3.05, 3.63) is 59.4 Å². The average molecular weight is 448 g/mol. The van der Waals surface area contributed by atoms with Gasteiger partial charge in [0.15, 0.2) is 11.6 Å². The second-order valence-electron chi connectivity index (χ2n) is 8.73. The first-order valence-electron chi connectivity index (χ1n) is 10.1.